The molecule has 0 spiro atoms. The van der Waals surface area contributed by atoms with Crippen LogP contribution in [0.4, 0.5) is 11.5 Å². The number of carbonyl (C=O) groups is 1. The number of aromatic nitrogens is 2. The van der Waals surface area contributed by atoms with Gasteiger partial charge in [0.1, 0.15) is 11.6 Å². The Morgan fingerprint density at radius 2 is 2.04 bits per heavy atom. The monoisotopic (exact) mass is 388 g/mol. The number of anilines is 2. The van der Waals surface area contributed by atoms with Crippen molar-refractivity contribution in [1.82, 2.24) is 9.55 Å². The van der Waals surface area contributed by atoms with Crippen molar-refractivity contribution >= 4 is 17.4 Å². The second kappa shape index (κ2) is 9.25. The highest BCUT2D eigenvalue weighted by Gasteiger charge is 2.27. The minimum atomic E-state index is -0.837. The second-order valence-electron chi connectivity index (χ2n) is 6.66. The maximum atomic E-state index is 13.0. The number of benzene rings is 1. The van der Waals surface area contributed by atoms with Crippen LogP contribution in [0.3, 0.4) is 0 Å². The Morgan fingerprint density at radius 3 is 2.64 bits per heavy atom. The molecular weight excluding hydrogens is 360 g/mol. The number of amides is 1. The van der Waals surface area contributed by atoms with E-state index in [4.69, 9.17) is 10.5 Å². The highest BCUT2D eigenvalue weighted by atomic mass is 16.5. The molecule has 0 aliphatic rings. The number of nitrogens with one attached hydrogen (secondary N) is 1. The average Bonchev–Trinajstić information content (AvgIpc) is 2.64. The molecule has 0 radical (unpaired) electrons. The standard InChI is InChI=1S/C20H28N4O4/c1-5-7-11-24-17(21)16(18(25)22-20(24)27)23(6-2)19(26)14(4)28-15-10-8-9-13(3)12-15/h8-10,12,14H,5-7,11,21H2,1-4H3,(H,22,25,27). The number of aromatic amines is 1. The number of unbranched alkanes of at least 4 members (excludes halogenated alkanes) is 1. The first-order chi connectivity index (χ1) is 13.3. The van der Waals surface area contributed by atoms with E-state index in [9.17, 15) is 14.4 Å². The number of H-pyrrole nitrogens is 1. The van der Waals surface area contributed by atoms with Crippen molar-refractivity contribution in [1.29, 1.82) is 0 Å². The second-order valence-corrected chi connectivity index (χ2v) is 6.66. The van der Waals surface area contributed by atoms with Crippen LogP contribution in [0.2, 0.25) is 0 Å². The smallest absolute Gasteiger partial charge is 0.330 e. The lowest BCUT2D eigenvalue weighted by molar-refractivity contribution is -0.124. The summed E-state index contributed by atoms with van der Waals surface area (Å²) in [5, 5.41) is 0. The van der Waals surface area contributed by atoms with Gasteiger partial charge in [0, 0.05) is 13.1 Å². The lowest BCUT2D eigenvalue weighted by Gasteiger charge is -2.26. The van der Waals surface area contributed by atoms with Crippen molar-refractivity contribution in [3.63, 3.8) is 0 Å². The van der Waals surface area contributed by atoms with Gasteiger partial charge in [-0.25, -0.2) is 4.79 Å². The van der Waals surface area contributed by atoms with Crippen LogP contribution >= 0.6 is 0 Å². The molecule has 0 fully saturated rings. The molecule has 8 nitrogen and oxygen atoms in total. The Kier molecular flexibility index (Phi) is 7.03. The summed E-state index contributed by atoms with van der Waals surface area (Å²) in [5.41, 5.74) is 5.84. The van der Waals surface area contributed by atoms with E-state index >= 15 is 0 Å². The summed E-state index contributed by atoms with van der Waals surface area (Å²) < 4.78 is 7.04. The summed E-state index contributed by atoms with van der Waals surface area (Å²) >= 11 is 0. The normalized spacial score (nSPS) is 11.9. The predicted molar refractivity (Wildman–Crippen MR) is 110 cm³/mol. The van der Waals surface area contributed by atoms with Gasteiger partial charge in [-0.2, -0.15) is 0 Å². The van der Waals surface area contributed by atoms with Gasteiger partial charge in [0.05, 0.1) is 0 Å². The molecule has 152 valence electrons. The fraction of sp³-hybridized carbons (Fsp3) is 0.450. The molecular formula is C20H28N4O4. The van der Waals surface area contributed by atoms with Gasteiger partial charge >= 0.3 is 5.69 Å². The molecule has 1 unspecified atom stereocenters. The largest absolute Gasteiger partial charge is 0.481 e. The van der Waals surface area contributed by atoms with Crippen molar-refractivity contribution in [2.45, 2.75) is 53.2 Å². The molecule has 0 bridgehead atoms. The molecule has 8 heteroatoms. The zero-order valence-electron chi connectivity index (χ0n) is 16.8. The van der Waals surface area contributed by atoms with E-state index in [0.717, 1.165) is 18.4 Å². The Hall–Kier alpha value is -3.03. The maximum Gasteiger partial charge on any atom is 0.330 e. The number of carbonyl (C=O) groups excluding carboxylic acids is 1. The van der Waals surface area contributed by atoms with E-state index in [1.54, 1.807) is 19.9 Å². The lowest BCUT2D eigenvalue weighted by Crippen LogP contribution is -2.45. The number of hydrogen-bond donors (Lipinski definition) is 2. The first kappa shape index (κ1) is 21.3. The highest BCUT2D eigenvalue weighted by Crippen LogP contribution is 2.20. The molecule has 1 aromatic carbocycles. The number of aryl methyl sites for hydroxylation is 1. The van der Waals surface area contributed by atoms with Crippen LogP contribution in [0, 0.1) is 6.92 Å². The van der Waals surface area contributed by atoms with Crippen molar-refractivity contribution < 1.29 is 9.53 Å². The fourth-order valence-electron chi connectivity index (χ4n) is 2.96. The zero-order chi connectivity index (χ0) is 20.8. The van der Waals surface area contributed by atoms with Crippen molar-refractivity contribution in [3.05, 3.63) is 50.7 Å². The van der Waals surface area contributed by atoms with Crippen LogP contribution in [0.25, 0.3) is 0 Å². The fourth-order valence-corrected chi connectivity index (χ4v) is 2.96. The Bertz CT molecular complexity index is 948. The number of ether oxygens (including phenoxy) is 1. The van der Waals surface area contributed by atoms with E-state index in [2.05, 4.69) is 4.98 Å². The quantitative estimate of drug-likeness (QED) is 0.719. The topological polar surface area (TPSA) is 110 Å². The molecule has 1 heterocycles. The summed E-state index contributed by atoms with van der Waals surface area (Å²) in [4.78, 5) is 41.0. The Morgan fingerprint density at radius 1 is 1.32 bits per heavy atom. The Balaban J connectivity index is 2.37. The molecule has 2 aromatic rings. The van der Waals surface area contributed by atoms with Gasteiger partial charge in [-0.15, -0.1) is 0 Å². The number of likely N-dealkylation sites (N-methyl/N-ethyl adjacent to an activating group) is 1. The molecule has 1 atom stereocenters. The van der Waals surface area contributed by atoms with E-state index in [-0.39, 0.29) is 18.1 Å². The molecule has 3 N–H and O–H groups in total. The summed E-state index contributed by atoms with van der Waals surface area (Å²) in [7, 11) is 0. The van der Waals surface area contributed by atoms with Crippen LogP contribution in [-0.4, -0.2) is 28.1 Å². The van der Waals surface area contributed by atoms with Gasteiger partial charge in [0.2, 0.25) is 0 Å². The molecule has 0 saturated carbocycles. The molecule has 0 aliphatic heterocycles. The molecule has 0 saturated heterocycles. The van der Waals surface area contributed by atoms with Crippen LogP contribution in [0.1, 0.15) is 39.2 Å². The maximum absolute atomic E-state index is 13.0. The van der Waals surface area contributed by atoms with Gasteiger partial charge in [0.15, 0.2) is 11.8 Å². The minimum absolute atomic E-state index is 0.0137. The highest BCUT2D eigenvalue weighted by molar-refractivity contribution is 5.98. The summed E-state index contributed by atoms with van der Waals surface area (Å²) in [6, 6.07) is 7.36. The number of nitrogens with zero attached hydrogens (tertiary/aromatic N) is 2. The average molecular weight is 388 g/mol. The third-order valence-electron chi connectivity index (χ3n) is 4.45. The number of nitrogens with two attached hydrogens (primary N) is 1. The van der Waals surface area contributed by atoms with E-state index in [1.807, 2.05) is 32.0 Å². The summed E-state index contributed by atoms with van der Waals surface area (Å²) in [5.74, 6) is 0.133. The molecule has 1 amide bonds. The van der Waals surface area contributed by atoms with Gasteiger partial charge < -0.3 is 15.4 Å². The first-order valence-electron chi connectivity index (χ1n) is 9.47. The Labute approximate surface area is 163 Å². The molecule has 2 rings (SSSR count). The predicted octanol–water partition coefficient (Wildman–Crippen LogP) is 2.05. The van der Waals surface area contributed by atoms with E-state index in [1.165, 1.54) is 9.47 Å². The van der Waals surface area contributed by atoms with Gasteiger partial charge in [-0.1, -0.05) is 25.5 Å². The first-order valence-corrected chi connectivity index (χ1v) is 9.47. The van der Waals surface area contributed by atoms with E-state index < -0.39 is 23.3 Å². The van der Waals surface area contributed by atoms with Crippen molar-refractivity contribution in [2.75, 3.05) is 17.2 Å². The van der Waals surface area contributed by atoms with Gasteiger partial charge in [0.25, 0.3) is 11.5 Å². The molecule has 28 heavy (non-hydrogen) atoms. The van der Waals surface area contributed by atoms with Crippen LogP contribution in [0.15, 0.2) is 33.9 Å². The molecule has 0 aliphatic carbocycles. The van der Waals surface area contributed by atoms with Crippen LogP contribution < -0.4 is 26.6 Å². The summed E-state index contributed by atoms with van der Waals surface area (Å²) in [6.45, 7) is 7.84. The number of rotatable bonds is 8. The zero-order valence-corrected chi connectivity index (χ0v) is 16.8. The van der Waals surface area contributed by atoms with Crippen LogP contribution in [-0.2, 0) is 11.3 Å². The van der Waals surface area contributed by atoms with E-state index in [0.29, 0.717) is 12.3 Å². The molecule has 1 aromatic heterocycles. The lowest BCUT2D eigenvalue weighted by atomic mass is 10.2. The third-order valence-corrected chi connectivity index (χ3v) is 4.45. The third kappa shape index (κ3) is 4.62. The van der Waals surface area contributed by atoms with Crippen molar-refractivity contribution in [3.8, 4) is 5.75 Å². The van der Waals surface area contributed by atoms with Gasteiger partial charge in [-0.05, 0) is 44.9 Å². The summed E-state index contributed by atoms with van der Waals surface area (Å²) in [6.07, 6.45) is 0.747. The SMILES string of the molecule is CCCCn1c(N)c(N(CC)C(=O)C(C)Oc2cccc(C)c2)c(=O)[nH]c1=O. The minimum Gasteiger partial charge on any atom is -0.481 e. The van der Waals surface area contributed by atoms with Crippen molar-refractivity contribution in [2.24, 2.45) is 0 Å². The van der Waals surface area contributed by atoms with Crippen LogP contribution in [0.5, 0.6) is 5.75 Å². The number of nitrogen functional groups attached to an aromatic ring is 1. The number of hydrogen-bond acceptors (Lipinski definition) is 5. The van der Waals surface area contributed by atoms with Gasteiger partial charge in [-0.3, -0.25) is 19.1 Å².